The number of amides is 1. The van der Waals surface area contributed by atoms with E-state index in [0.717, 1.165) is 41.2 Å². The summed E-state index contributed by atoms with van der Waals surface area (Å²) in [5.74, 6) is 1.10. The maximum atomic E-state index is 12.2. The predicted molar refractivity (Wildman–Crippen MR) is 131 cm³/mol. The van der Waals surface area contributed by atoms with Crippen LogP contribution in [0, 0.1) is 0 Å². The number of benzene rings is 2. The average Bonchev–Trinajstić information content (AvgIpc) is 3.10. The van der Waals surface area contributed by atoms with Crippen LogP contribution in [0.3, 0.4) is 0 Å². The van der Waals surface area contributed by atoms with Gasteiger partial charge in [0, 0.05) is 31.8 Å². The van der Waals surface area contributed by atoms with Gasteiger partial charge in [-0.1, -0.05) is 18.2 Å². The second-order valence-electron chi connectivity index (χ2n) is 8.63. The molecule has 2 aromatic carbocycles. The number of hydrogen-bond donors (Lipinski definition) is 3. The molecule has 3 rings (SSSR count). The first-order chi connectivity index (χ1) is 15.9. The van der Waals surface area contributed by atoms with Gasteiger partial charge in [-0.25, -0.2) is 0 Å². The van der Waals surface area contributed by atoms with E-state index in [-0.39, 0.29) is 18.7 Å². The molecule has 0 aliphatic carbocycles. The summed E-state index contributed by atoms with van der Waals surface area (Å²) in [6.45, 7) is 8.90. The molecule has 7 heteroatoms. The molecule has 0 bridgehead atoms. The van der Waals surface area contributed by atoms with Crippen LogP contribution >= 0.6 is 0 Å². The van der Waals surface area contributed by atoms with Crippen molar-refractivity contribution in [3.05, 3.63) is 53.1 Å². The molecule has 2 atom stereocenters. The lowest BCUT2D eigenvalue weighted by molar-refractivity contribution is 0.100. The number of carbonyl (C=O) groups is 1. The number of nitrogens with zero attached hydrogens (tertiary/aromatic N) is 1. The van der Waals surface area contributed by atoms with Gasteiger partial charge in [0.2, 0.25) is 0 Å². The number of aliphatic hydroxyl groups excluding tert-OH is 1. The summed E-state index contributed by atoms with van der Waals surface area (Å²) < 4.78 is 11.5. The molecule has 0 aromatic heterocycles. The van der Waals surface area contributed by atoms with Crippen molar-refractivity contribution >= 4 is 11.6 Å². The number of nitrogens with two attached hydrogens (primary N) is 1. The predicted octanol–water partition coefficient (Wildman–Crippen LogP) is 2.92. The number of rotatable bonds is 13. The molecule has 1 heterocycles. The molecule has 0 saturated carbocycles. The van der Waals surface area contributed by atoms with E-state index >= 15 is 0 Å². The van der Waals surface area contributed by atoms with Crippen LogP contribution in [0.4, 0.5) is 5.69 Å². The van der Waals surface area contributed by atoms with Crippen molar-refractivity contribution in [2.24, 2.45) is 5.73 Å². The largest absolute Gasteiger partial charge is 0.490 e. The van der Waals surface area contributed by atoms with Gasteiger partial charge in [-0.15, -0.1) is 0 Å². The molecule has 2 aromatic rings. The molecule has 0 fully saturated rings. The van der Waals surface area contributed by atoms with Crippen molar-refractivity contribution < 1.29 is 19.4 Å². The maximum Gasteiger partial charge on any atom is 0.250 e. The zero-order valence-corrected chi connectivity index (χ0v) is 20.0. The fourth-order valence-corrected chi connectivity index (χ4v) is 4.52. The number of primary amides is 1. The van der Waals surface area contributed by atoms with Crippen LogP contribution in [0.25, 0.3) is 0 Å². The van der Waals surface area contributed by atoms with Gasteiger partial charge in [0.1, 0.15) is 6.61 Å². The third kappa shape index (κ3) is 6.39. The Kier molecular flexibility index (Phi) is 8.97. The lowest BCUT2D eigenvalue weighted by Gasteiger charge is -2.26. The van der Waals surface area contributed by atoms with Crippen molar-refractivity contribution in [3.63, 3.8) is 0 Å². The van der Waals surface area contributed by atoms with Crippen molar-refractivity contribution in [2.45, 2.75) is 52.1 Å². The molecule has 1 aliphatic heterocycles. The van der Waals surface area contributed by atoms with Crippen LogP contribution in [-0.2, 0) is 12.8 Å². The summed E-state index contributed by atoms with van der Waals surface area (Å²) in [5.41, 5.74) is 9.53. The van der Waals surface area contributed by atoms with Crippen LogP contribution < -0.4 is 25.4 Å². The van der Waals surface area contributed by atoms with E-state index < -0.39 is 5.91 Å². The molecule has 0 spiro atoms. The van der Waals surface area contributed by atoms with E-state index in [1.54, 1.807) is 0 Å². The molecule has 2 unspecified atom stereocenters. The lowest BCUT2D eigenvalue weighted by Crippen LogP contribution is -2.33. The van der Waals surface area contributed by atoms with E-state index in [4.69, 9.17) is 15.2 Å². The summed E-state index contributed by atoms with van der Waals surface area (Å²) >= 11 is 0. The quantitative estimate of drug-likeness (QED) is 0.402. The van der Waals surface area contributed by atoms with Crippen LogP contribution in [0.5, 0.6) is 11.5 Å². The Labute approximate surface area is 196 Å². The molecule has 7 nitrogen and oxygen atoms in total. The summed E-state index contributed by atoms with van der Waals surface area (Å²) in [4.78, 5) is 14.5. The van der Waals surface area contributed by atoms with Crippen molar-refractivity contribution in [3.8, 4) is 11.5 Å². The number of ether oxygens (including phenoxy) is 2. The fraction of sp³-hybridized carbons (Fsp3) is 0.500. The zero-order valence-electron chi connectivity index (χ0n) is 20.0. The van der Waals surface area contributed by atoms with Crippen LogP contribution in [0.1, 0.15) is 48.7 Å². The van der Waals surface area contributed by atoms with Gasteiger partial charge in [-0.05, 0) is 69.4 Å². The van der Waals surface area contributed by atoms with Crippen LogP contribution in [0.15, 0.2) is 36.4 Å². The van der Waals surface area contributed by atoms with Gasteiger partial charge in [-0.2, -0.15) is 0 Å². The Morgan fingerprint density at radius 2 is 2.00 bits per heavy atom. The van der Waals surface area contributed by atoms with Gasteiger partial charge in [0.25, 0.3) is 5.91 Å². The highest BCUT2D eigenvalue weighted by Gasteiger charge is 2.30. The van der Waals surface area contributed by atoms with Crippen molar-refractivity contribution in [1.29, 1.82) is 0 Å². The minimum absolute atomic E-state index is 0.132. The summed E-state index contributed by atoms with van der Waals surface area (Å²) in [5, 5.41) is 12.7. The normalized spacial score (nSPS) is 15.9. The highest BCUT2D eigenvalue weighted by Crippen LogP contribution is 2.36. The summed E-state index contributed by atoms with van der Waals surface area (Å²) in [6.07, 6.45) is 2.33. The molecule has 180 valence electrons. The molecule has 0 radical (unpaired) electrons. The Morgan fingerprint density at radius 3 is 2.67 bits per heavy atom. The van der Waals surface area contributed by atoms with Gasteiger partial charge in [0.05, 0.1) is 17.9 Å². The Hall–Kier alpha value is -2.77. The topological polar surface area (TPSA) is 97.1 Å². The molecule has 0 saturated heterocycles. The first kappa shape index (κ1) is 24.9. The van der Waals surface area contributed by atoms with E-state index in [9.17, 15) is 9.90 Å². The molecule has 1 amide bonds. The first-order valence-corrected chi connectivity index (χ1v) is 11.9. The minimum Gasteiger partial charge on any atom is -0.490 e. The average molecular weight is 456 g/mol. The van der Waals surface area contributed by atoms with E-state index in [2.05, 4.69) is 30.1 Å². The van der Waals surface area contributed by atoms with E-state index in [1.807, 2.05) is 37.3 Å². The Morgan fingerprint density at radius 1 is 1.27 bits per heavy atom. The fourth-order valence-electron chi connectivity index (χ4n) is 4.52. The van der Waals surface area contributed by atoms with Gasteiger partial charge < -0.3 is 30.5 Å². The van der Waals surface area contributed by atoms with E-state index in [1.165, 1.54) is 0 Å². The molecule has 33 heavy (non-hydrogen) atoms. The van der Waals surface area contributed by atoms with Crippen LogP contribution in [0.2, 0.25) is 0 Å². The Bertz CT molecular complexity index is 934. The summed E-state index contributed by atoms with van der Waals surface area (Å²) in [6, 6.07) is 12.3. The van der Waals surface area contributed by atoms with Gasteiger partial charge in [-0.3, -0.25) is 4.79 Å². The number of hydrogen-bond acceptors (Lipinski definition) is 6. The van der Waals surface area contributed by atoms with E-state index in [0.29, 0.717) is 38.3 Å². The Balaban J connectivity index is 1.59. The molecular formula is C26H37N3O4. The number of nitrogens with one attached hydrogen (secondary N) is 1. The number of fused-ring (bicyclic) bond motifs is 1. The summed E-state index contributed by atoms with van der Waals surface area (Å²) in [7, 11) is 0. The minimum atomic E-state index is -0.404. The highest BCUT2D eigenvalue weighted by molar-refractivity contribution is 6.00. The third-order valence-electron chi connectivity index (χ3n) is 5.95. The van der Waals surface area contributed by atoms with Gasteiger partial charge in [0.15, 0.2) is 11.5 Å². The highest BCUT2D eigenvalue weighted by atomic mass is 16.5. The second-order valence-corrected chi connectivity index (χ2v) is 8.63. The number of aliphatic hydroxyl groups is 1. The first-order valence-electron chi connectivity index (χ1n) is 11.9. The number of carbonyl (C=O) groups excluding carboxylic acids is 1. The van der Waals surface area contributed by atoms with Gasteiger partial charge >= 0.3 is 0 Å². The van der Waals surface area contributed by atoms with Crippen LogP contribution in [-0.4, -0.2) is 56.0 Å². The molecule has 4 N–H and O–H groups in total. The molecule has 1 aliphatic rings. The monoisotopic (exact) mass is 455 g/mol. The third-order valence-corrected chi connectivity index (χ3v) is 5.95. The maximum absolute atomic E-state index is 12.2. The smallest absolute Gasteiger partial charge is 0.250 e. The zero-order chi connectivity index (χ0) is 23.8. The SMILES string of the molecule is CCOc1ccccc1OCCNC(C)Cc1cc2c(c(C(N)=O)c1)N(CCCO)C(C)C2. The van der Waals surface area contributed by atoms with Crippen molar-refractivity contribution in [1.82, 2.24) is 5.32 Å². The number of anilines is 1. The second kappa shape index (κ2) is 11.9. The number of para-hydroxylation sites is 2. The molecular weight excluding hydrogens is 418 g/mol. The lowest BCUT2D eigenvalue weighted by atomic mass is 9.97. The van der Waals surface area contributed by atoms with Crippen molar-refractivity contribution in [2.75, 3.05) is 37.8 Å². The standard InChI is InChI=1S/C26H37N3O4/c1-4-32-23-8-5-6-9-24(23)33-13-10-28-18(2)14-20-16-21-15-19(3)29(11-7-12-30)25(21)22(17-20)26(27)31/h5-6,8-9,16-19,28,30H,4,7,10-15H2,1-3H3,(H2,27,31).